The molecule has 0 spiro atoms. The minimum Gasteiger partial charge on any atom is -0.444 e. The number of aliphatic hydroxyl groups excluding tert-OH is 1. The van der Waals surface area contributed by atoms with Crippen molar-refractivity contribution in [3.8, 4) is 11.3 Å². The van der Waals surface area contributed by atoms with Crippen LogP contribution < -0.4 is 5.32 Å². The van der Waals surface area contributed by atoms with Crippen LogP contribution in [0.3, 0.4) is 0 Å². The van der Waals surface area contributed by atoms with Crippen LogP contribution in [0.25, 0.3) is 11.3 Å². The monoisotopic (exact) mass is 301 g/mol. The van der Waals surface area contributed by atoms with Crippen molar-refractivity contribution in [2.45, 2.75) is 12.8 Å². The number of anilines is 1. The standard InChI is InChI=1S/C16H19N3O3/c20-10-12-3-2-6-19(9-12)16(21)18-14-5-1-4-13(7-14)15-8-17-11-22-15/h1,4-5,7-8,11-12,20H,2-3,6,9-10H2,(H,18,21)/t12-/m1/s1. The number of likely N-dealkylation sites (tertiary alicyclic amines) is 1. The first-order valence-electron chi connectivity index (χ1n) is 7.42. The first-order chi connectivity index (χ1) is 10.8. The number of oxazole rings is 1. The Labute approximate surface area is 128 Å². The number of amides is 2. The molecule has 2 heterocycles. The van der Waals surface area contributed by atoms with Crippen LogP contribution in [0.4, 0.5) is 10.5 Å². The van der Waals surface area contributed by atoms with Crippen LogP contribution in [0.5, 0.6) is 0 Å². The van der Waals surface area contributed by atoms with Crippen molar-refractivity contribution >= 4 is 11.7 Å². The maximum atomic E-state index is 12.3. The highest BCUT2D eigenvalue weighted by Gasteiger charge is 2.23. The maximum absolute atomic E-state index is 12.3. The normalized spacial score (nSPS) is 18.2. The van der Waals surface area contributed by atoms with Gasteiger partial charge in [-0.3, -0.25) is 0 Å². The summed E-state index contributed by atoms with van der Waals surface area (Å²) in [4.78, 5) is 18.0. The summed E-state index contributed by atoms with van der Waals surface area (Å²) in [6, 6.07) is 7.32. The second-order valence-electron chi connectivity index (χ2n) is 5.51. The molecule has 1 aromatic heterocycles. The lowest BCUT2D eigenvalue weighted by Gasteiger charge is -2.31. The molecule has 1 atom stereocenters. The van der Waals surface area contributed by atoms with Crippen molar-refractivity contribution in [2.24, 2.45) is 5.92 Å². The van der Waals surface area contributed by atoms with Gasteiger partial charge in [0.25, 0.3) is 0 Å². The van der Waals surface area contributed by atoms with Crippen LogP contribution in [-0.2, 0) is 0 Å². The van der Waals surface area contributed by atoms with Gasteiger partial charge in [-0.05, 0) is 30.9 Å². The lowest BCUT2D eigenvalue weighted by atomic mass is 9.99. The fourth-order valence-corrected chi connectivity index (χ4v) is 2.71. The van der Waals surface area contributed by atoms with E-state index in [1.807, 2.05) is 24.3 Å². The first kappa shape index (κ1) is 14.6. The number of aliphatic hydroxyl groups is 1. The predicted octanol–water partition coefficient (Wildman–Crippen LogP) is 2.58. The van der Waals surface area contributed by atoms with Crippen LogP contribution in [0, 0.1) is 5.92 Å². The molecule has 6 heteroatoms. The minimum absolute atomic E-state index is 0.130. The van der Waals surface area contributed by atoms with Crippen molar-refractivity contribution in [1.82, 2.24) is 9.88 Å². The first-order valence-corrected chi connectivity index (χ1v) is 7.42. The molecule has 1 aliphatic heterocycles. The molecule has 2 N–H and O–H groups in total. The average molecular weight is 301 g/mol. The number of nitrogens with zero attached hydrogens (tertiary/aromatic N) is 2. The summed E-state index contributed by atoms with van der Waals surface area (Å²) in [7, 11) is 0. The van der Waals surface area contributed by atoms with Gasteiger partial charge in [-0.15, -0.1) is 0 Å². The zero-order valence-corrected chi connectivity index (χ0v) is 12.2. The minimum atomic E-state index is -0.132. The van der Waals surface area contributed by atoms with E-state index in [-0.39, 0.29) is 18.6 Å². The van der Waals surface area contributed by atoms with Gasteiger partial charge >= 0.3 is 6.03 Å². The molecule has 1 aliphatic rings. The number of hydrogen-bond donors (Lipinski definition) is 2. The smallest absolute Gasteiger partial charge is 0.321 e. The molecular weight excluding hydrogens is 282 g/mol. The van der Waals surface area contributed by atoms with Crippen LogP contribution in [0.15, 0.2) is 41.3 Å². The number of hydrogen-bond acceptors (Lipinski definition) is 4. The number of piperidine rings is 1. The van der Waals surface area contributed by atoms with Crippen LogP contribution >= 0.6 is 0 Å². The van der Waals surface area contributed by atoms with E-state index in [1.165, 1.54) is 6.39 Å². The van der Waals surface area contributed by atoms with Gasteiger partial charge in [-0.2, -0.15) is 0 Å². The molecule has 2 aromatic rings. The summed E-state index contributed by atoms with van der Waals surface area (Å²) >= 11 is 0. The summed E-state index contributed by atoms with van der Waals surface area (Å²) in [5.41, 5.74) is 1.58. The average Bonchev–Trinajstić information content (AvgIpc) is 3.10. The van der Waals surface area contributed by atoms with Crippen LogP contribution in [0.1, 0.15) is 12.8 Å². The number of nitrogens with one attached hydrogen (secondary N) is 1. The van der Waals surface area contributed by atoms with E-state index in [2.05, 4.69) is 10.3 Å². The Balaban J connectivity index is 1.68. The summed E-state index contributed by atoms with van der Waals surface area (Å²) in [5.74, 6) is 0.842. The number of urea groups is 1. The molecule has 3 rings (SSSR count). The fourth-order valence-electron chi connectivity index (χ4n) is 2.71. The Bertz CT molecular complexity index is 627. The van der Waals surface area contributed by atoms with E-state index < -0.39 is 0 Å². The summed E-state index contributed by atoms with van der Waals surface area (Å²) in [6.45, 7) is 1.46. The van der Waals surface area contributed by atoms with Crippen LogP contribution in [-0.4, -0.2) is 40.7 Å². The molecule has 1 saturated heterocycles. The maximum Gasteiger partial charge on any atom is 0.321 e. The molecule has 22 heavy (non-hydrogen) atoms. The number of aromatic nitrogens is 1. The molecular formula is C16H19N3O3. The van der Waals surface area contributed by atoms with Crippen LogP contribution in [0.2, 0.25) is 0 Å². The third-order valence-electron chi connectivity index (χ3n) is 3.90. The summed E-state index contributed by atoms with van der Waals surface area (Å²) < 4.78 is 5.26. The molecule has 0 unspecified atom stereocenters. The van der Waals surface area contributed by atoms with Gasteiger partial charge in [0.2, 0.25) is 0 Å². The van der Waals surface area contributed by atoms with Crippen molar-refractivity contribution in [2.75, 3.05) is 25.0 Å². The zero-order valence-electron chi connectivity index (χ0n) is 12.2. The largest absolute Gasteiger partial charge is 0.444 e. The number of carbonyl (C=O) groups excluding carboxylic acids is 1. The van der Waals surface area contributed by atoms with Crippen molar-refractivity contribution in [3.05, 3.63) is 36.9 Å². The van der Waals surface area contributed by atoms with Gasteiger partial charge in [0.15, 0.2) is 12.2 Å². The van der Waals surface area contributed by atoms with Gasteiger partial charge < -0.3 is 19.7 Å². The Hall–Kier alpha value is -2.34. The Morgan fingerprint density at radius 3 is 3.18 bits per heavy atom. The van der Waals surface area contributed by atoms with Crippen molar-refractivity contribution in [1.29, 1.82) is 0 Å². The lowest BCUT2D eigenvalue weighted by molar-refractivity contribution is 0.136. The summed E-state index contributed by atoms with van der Waals surface area (Å²) in [6.07, 6.45) is 4.92. The molecule has 1 aromatic carbocycles. The number of benzene rings is 1. The molecule has 116 valence electrons. The van der Waals surface area contributed by atoms with Gasteiger partial charge in [-0.1, -0.05) is 12.1 Å². The topological polar surface area (TPSA) is 78.6 Å². The Morgan fingerprint density at radius 1 is 1.50 bits per heavy atom. The second-order valence-corrected chi connectivity index (χ2v) is 5.51. The SMILES string of the molecule is O=C(Nc1cccc(-c2cnco2)c1)N1CCC[C@@H](CO)C1. The Morgan fingerprint density at radius 2 is 2.41 bits per heavy atom. The predicted molar refractivity (Wildman–Crippen MR) is 82.3 cm³/mol. The van der Waals surface area contributed by atoms with Gasteiger partial charge in [-0.25, -0.2) is 9.78 Å². The molecule has 2 amide bonds. The van der Waals surface area contributed by atoms with E-state index in [4.69, 9.17) is 4.42 Å². The van der Waals surface area contributed by atoms with E-state index >= 15 is 0 Å². The van der Waals surface area contributed by atoms with E-state index in [9.17, 15) is 9.90 Å². The fraction of sp³-hybridized carbons (Fsp3) is 0.375. The molecule has 1 fully saturated rings. The van der Waals surface area contributed by atoms with Gasteiger partial charge in [0.05, 0.1) is 6.20 Å². The molecule has 0 aliphatic carbocycles. The number of rotatable bonds is 3. The Kier molecular flexibility index (Phi) is 4.39. The van der Waals surface area contributed by atoms with Crippen molar-refractivity contribution in [3.63, 3.8) is 0 Å². The van der Waals surface area contributed by atoms with E-state index in [1.54, 1.807) is 11.1 Å². The highest BCUT2D eigenvalue weighted by molar-refractivity contribution is 5.90. The summed E-state index contributed by atoms with van der Waals surface area (Å²) in [5, 5.41) is 12.1. The quantitative estimate of drug-likeness (QED) is 0.913. The zero-order chi connectivity index (χ0) is 15.4. The molecule has 0 bridgehead atoms. The third kappa shape index (κ3) is 3.28. The van der Waals surface area contributed by atoms with E-state index in [0.29, 0.717) is 18.0 Å². The second kappa shape index (κ2) is 6.62. The molecule has 6 nitrogen and oxygen atoms in total. The van der Waals surface area contributed by atoms with Gasteiger partial charge in [0.1, 0.15) is 0 Å². The lowest BCUT2D eigenvalue weighted by Crippen LogP contribution is -2.43. The third-order valence-corrected chi connectivity index (χ3v) is 3.90. The molecule has 0 radical (unpaired) electrons. The van der Waals surface area contributed by atoms with Crippen molar-refractivity contribution < 1.29 is 14.3 Å². The molecule has 0 saturated carbocycles. The number of carbonyl (C=O) groups is 1. The van der Waals surface area contributed by atoms with Gasteiger partial charge in [0, 0.05) is 30.9 Å². The highest BCUT2D eigenvalue weighted by atomic mass is 16.3. The van der Waals surface area contributed by atoms with E-state index in [0.717, 1.165) is 24.9 Å². The highest BCUT2D eigenvalue weighted by Crippen LogP contribution is 2.23.